The lowest BCUT2D eigenvalue weighted by atomic mass is 10.0. The van der Waals surface area contributed by atoms with Crippen molar-refractivity contribution in [2.45, 2.75) is 12.5 Å². The average molecular weight is 407 g/mol. The summed E-state index contributed by atoms with van der Waals surface area (Å²) >= 11 is 0. The molecule has 29 heavy (non-hydrogen) atoms. The van der Waals surface area contributed by atoms with Crippen molar-refractivity contribution >= 4 is 21.6 Å². The molecule has 0 saturated heterocycles. The molecule has 1 aliphatic heterocycles. The summed E-state index contributed by atoms with van der Waals surface area (Å²) in [5.41, 5.74) is 3.68. The Hall–Kier alpha value is -3.19. The van der Waals surface area contributed by atoms with Crippen molar-refractivity contribution in [2.24, 2.45) is 0 Å². The number of pyridine rings is 1. The van der Waals surface area contributed by atoms with Gasteiger partial charge in [0.25, 0.3) is 5.91 Å². The van der Waals surface area contributed by atoms with Crippen LogP contribution >= 0.6 is 0 Å². The molecule has 4 rings (SSSR count). The van der Waals surface area contributed by atoms with Crippen molar-refractivity contribution < 1.29 is 13.2 Å². The Morgan fingerprint density at radius 1 is 1.07 bits per heavy atom. The highest BCUT2D eigenvalue weighted by atomic mass is 32.2. The second kappa shape index (κ2) is 7.67. The minimum atomic E-state index is -3.32. The highest BCUT2D eigenvalue weighted by Gasteiger charge is 2.27. The number of nitrogens with zero attached hydrogens (tertiary/aromatic N) is 2. The summed E-state index contributed by atoms with van der Waals surface area (Å²) < 4.78 is 25.2. The summed E-state index contributed by atoms with van der Waals surface area (Å²) in [6.07, 6.45) is 3.48. The predicted octanol–water partition coefficient (Wildman–Crippen LogP) is 2.92. The third-order valence-electron chi connectivity index (χ3n) is 4.99. The zero-order chi connectivity index (χ0) is 20.4. The lowest BCUT2D eigenvalue weighted by Crippen LogP contribution is -2.30. The maximum Gasteiger partial charge on any atom is 0.252 e. The highest BCUT2D eigenvalue weighted by molar-refractivity contribution is 7.92. The van der Waals surface area contributed by atoms with Crippen LogP contribution in [0.2, 0.25) is 0 Å². The number of hydrogen-bond acceptors (Lipinski definition) is 4. The third-order valence-corrected chi connectivity index (χ3v) is 6.17. The normalized spacial score (nSPS) is 14.3. The van der Waals surface area contributed by atoms with Crippen molar-refractivity contribution in [3.8, 4) is 0 Å². The summed E-state index contributed by atoms with van der Waals surface area (Å²) in [5, 5.41) is 3.07. The first-order chi connectivity index (χ1) is 13.9. The van der Waals surface area contributed by atoms with Gasteiger partial charge in [-0.1, -0.05) is 36.4 Å². The van der Waals surface area contributed by atoms with E-state index in [0.717, 1.165) is 16.8 Å². The van der Waals surface area contributed by atoms with Crippen LogP contribution in [0, 0.1) is 0 Å². The van der Waals surface area contributed by atoms with E-state index in [1.54, 1.807) is 24.4 Å². The van der Waals surface area contributed by atoms with Gasteiger partial charge in [-0.25, -0.2) is 8.42 Å². The Balaban J connectivity index is 1.62. The molecule has 2 aromatic carbocycles. The number of benzene rings is 2. The van der Waals surface area contributed by atoms with E-state index < -0.39 is 10.0 Å². The molecular weight excluding hydrogens is 386 g/mol. The number of carbonyl (C=O) groups is 1. The van der Waals surface area contributed by atoms with Gasteiger partial charge in [0, 0.05) is 18.3 Å². The van der Waals surface area contributed by atoms with Crippen molar-refractivity contribution in [3.05, 3.63) is 95.3 Å². The molecule has 0 bridgehead atoms. The molecule has 0 radical (unpaired) electrons. The summed E-state index contributed by atoms with van der Waals surface area (Å²) in [4.78, 5) is 17.4. The van der Waals surface area contributed by atoms with E-state index in [9.17, 15) is 13.2 Å². The van der Waals surface area contributed by atoms with Gasteiger partial charge < -0.3 is 5.32 Å². The average Bonchev–Trinajstić information content (AvgIpc) is 3.17. The number of nitrogens with one attached hydrogen (secondary N) is 1. The standard InChI is InChI=1S/C22H21N3O3S/c1-29(27,28)25-14-12-17-15-18(10-11-20(17)25)22(26)24-21(16-7-3-2-4-8-16)19-9-5-6-13-23-19/h2-11,13,15,21H,12,14H2,1H3,(H,24,26). The Bertz CT molecular complexity index is 1090. The van der Waals surface area contributed by atoms with Crippen molar-refractivity contribution in [2.75, 3.05) is 17.1 Å². The molecule has 7 heteroatoms. The maximum absolute atomic E-state index is 13.0. The van der Waals surface area contributed by atoms with Crippen LogP contribution in [-0.2, 0) is 16.4 Å². The van der Waals surface area contributed by atoms with Gasteiger partial charge in [0.2, 0.25) is 10.0 Å². The second-order valence-corrected chi connectivity index (χ2v) is 8.91. The number of amides is 1. The molecule has 1 aromatic heterocycles. The Labute approximate surface area is 170 Å². The summed E-state index contributed by atoms with van der Waals surface area (Å²) in [6, 6.07) is 20.0. The lowest BCUT2D eigenvalue weighted by molar-refractivity contribution is 0.0942. The van der Waals surface area contributed by atoms with Crippen LogP contribution in [0.3, 0.4) is 0 Å². The van der Waals surface area contributed by atoms with Gasteiger partial charge in [-0.3, -0.25) is 14.1 Å². The van der Waals surface area contributed by atoms with Crippen LogP contribution in [0.25, 0.3) is 0 Å². The van der Waals surface area contributed by atoms with E-state index in [1.807, 2.05) is 48.5 Å². The number of carbonyl (C=O) groups excluding carboxylic acids is 1. The second-order valence-electron chi connectivity index (χ2n) is 7.00. The molecule has 1 N–H and O–H groups in total. The summed E-state index contributed by atoms with van der Waals surface area (Å²) in [5.74, 6) is -0.231. The first kappa shape index (κ1) is 19.1. The van der Waals surface area contributed by atoms with Gasteiger partial charge >= 0.3 is 0 Å². The molecule has 1 unspecified atom stereocenters. The Kier molecular flexibility index (Phi) is 5.07. The van der Waals surface area contributed by atoms with E-state index in [0.29, 0.717) is 24.2 Å². The molecule has 0 saturated carbocycles. The fraction of sp³-hybridized carbons (Fsp3) is 0.182. The monoisotopic (exact) mass is 407 g/mol. The topological polar surface area (TPSA) is 79.4 Å². The number of fused-ring (bicyclic) bond motifs is 1. The van der Waals surface area contributed by atoms with Crippen molar-refractivity contribution in [3.63, 3.8) is 0 Å². The fourth-order valence-corrected chi connectivity index (χ4v) is 4.55. The largest absolute Gasteiger partial charge is 0.340 e. The van der Waals surface area contributed by atoms with Crippen LogP contribution in [0.1, 0.15) is 33.2 Å². The molecule has 3 aromatic rings. The molecule has 2 heterocycles. The van der Waals surface area contributed by atoms with Crippen LogP contribution in [0.4, 0.5) is 5.69 Å². The minimum absolute atomic E-state index is 0.231. The molecule has 1 atom stereocenters. The minimum Gasteiger partial charge on any atom is -0.340 e. The Morgan fingerprint density at radius 2 is 1.83 bits per heavy atom. The number of aromatic nitrogens is 1. The van der Waals surface area contributed by atoms with Gasteiger partial charge in [0.15, 0.2) is 0 Å². The van der Waals surface area contributed by atoms with Crippen molar-refractivity contribution in [1.82, 2.24) is 10.3 Å². The van der Waals surface area contributed by atoms with E-state index in [-0.39, 0.29) is 11.9 Å². The molecule has 0 fully saturated rings. The van der Waals surface area contributed by atoms with Gasteiger partial charge in [-0.05, 0) is 47.9 Å². The fourth-order valence-electron chi connectivity index (χ4n) is 3.59. The quantitative estimate of drug-likeness (QED) is 0.705. The molecule has 1 aliphatic rings. The molecule has 0 spiro atoms. The molecular formula is C22H21N3O3S. The zero-order valence-electron chi connectivity index (χ0n) is 15.9. The summed E-state index contributed by atoms with van der Waals surface area (Å²) in [6.45, 7) is 0.403. The van der Waals surface area contributed by atoms with Gasteiger partial charge in [0.1, 0.15) is 0 Å². The number of anilines is 1. The number of rotatable bonds is 5. The predicted molar refractivity (Wildman–Crippen MR) is 112 cm³/mol. The first-order valence-electron chi connectivity index (χ1n) is 9.31. The van der Waals surface area contributed by atoms with Gasteiger partial charge in [-0.15, -0.1) is 0 Å². The van der Waals surface area contributed by atoms with E-state index in [4.69, 9.17) is 0 Å². The molecule has 148 valence electrons. The van der Waals surface area contributed by atoms with E-state index in [2.05, 4.69) is 10.3 Å². The van der Waals surface area contributed by atoms with Crippen LogP contribution < -0.4 is 9.62 Å². The smallest absolute Gasteiger partial charge is 0.252 e. The van der Waals surface area contributed by atoms with Crippen molar-refractivity contribution in [1.29, 1.82) is 0 Å². The third kappa shape index (κ3) is 4.00. The Morgan fingerprint density at radius 3 is 2.52 bits per heavy atom. The van der Waals surface area contributed by atoms with E-state index in [1.165, 1.54) is 10.6 Å². The van der Waals surface area contributed by atoms with Gasteiger partial charge in [-0.2, -0.15) is 0 Å². The van der Waals surface area contributed by atoms with Crippen LogP contribution in [0.15, 0.2) is 72.9 Å². The lowest BCUT2D eigenvalue weighted by Gasteiger charge is -2.19. The molecule has 1 amide bonds. The SMILES string of the molecule is CS(=O)(=O)N1CCc2cc(C(=O)NC(c3ccccc3)c3ccccn3)ccc21. The molecule has 6 nitrogen and oxygen atoms in total. The van der Waals surface area contributed by atoms with Crippen LogP contribution in [0.5, 0.6) is 0 Å². The molecule has 0 aliphatic carbocycles. The van der Waals surface area contributed by atoms with E-state index >= 15 is 0 Å². The first-order valence-corrected chi connectivity index (χ1v) is 11.2. The summed E-state index contributed by atoms with van der Waals surface area (Å²) in [7, 11) is -3.32. The number of sulfonamides is 1. The van der Waals surface area contributed by atoms with Crippen LogP contribution in [-0.4, -0.2) is 32.1 Å². The highest BCUT2D eigenvalue weighted by Crippen LogP contribution is 2.31. The van der Waals surface area contributed by atoms with Gasteiger partial charge in [0.05, 0.1) is 23.7 Å². The maximum atomic E-state index is 13.0. The zero-order valence-corrected chi connectivity index (χ0v) is 16.8. The number of hydrogen-bond donors (Lipinski definition) is 1.